The van der Waals surface area contributed by atoms with Crippen molar-refractivity contribution in [2.24, 2.45) is 0 Å². The van der Waals surface area contributed by atoms with Gasteiger partial charge >= 0.3 is 0 Å². The van der Waals surface area contributed by atoms with Gasteiger partial charge in [-0.05, 0) is 45.4 Å². The highest BCUT2D eigenvalue weighted by atomic mass is 16.5. The Morgan fingerprint density at radius 3 is 2.75 bits per heavy atom. The largest absolute Gasteiger partial charge is 0.491 e. The average Bonchev–Trinajstić information content (AvgIpc) is 2.81. The number of benzene rings is 1. The molecule has 0 aliphatic rings. The van der Waals surface area contributed by atoms with Crippen molar-refractivity contribution in [1.82, 2.24) is 15.3 Å². The quantitative estimate of drug-likeness (QED) is 0.848. The molecule has 20 heavy (non-hydrogen) atoms. The molecule has 1 heterocycles. The van der Waals surface area contributed by atoms with Gasteiger partial charge in [-0.2, -0.15) is 0 Å². The molecule has 0 amide bonds. The number of H-pyrrole nitrogens is 1. The molecule has 1 aromatic heterocycles. The summed E-state index contributed by atoms with van der Waals surface area (Å²) in [7, 11) is 0. The van der Waals surface area contributed by atoms with Gasteiger partial charge in [0, 0.05) is 24.5 Å². The van der Waals surface area contributed by atoms with Crippen molar-refractivity contribution in [3.05, 3.63) is 47.5 Å². The number of rotatable bonds is 6. The number of hydrogen-bond donors (Lipinski definition) is 2. The fourth-order valence-corrected chi connectivity index (χ4v) is 2.07. The van der Waals surface area contributed by atoms with E-state index >= 15 is 0 Å². The van der Waals surface area contributed by atoms with E-state index in [2.05, 4.69) is 34.3 Å². The third kappa shape index (κ3) is 4.10. The lowest BCUT2D eigenvalue weighted by atomic mass is 10.1. The van der Waals surface area contributed by atoms with Crippen molar-refractivity contribution in [3.8, 4) is 5.75 Å². The van der Waals surface area contributed by atoms with Crippen molar-refractivity contribution >= 4 is 0 Å². The minimum Gasteiger partial charge on any atom is -0.491 e. The molecule has 108 valence electrons. The van der Waals surface area contributed by atoms with Crippen LogP contribution in [0.25, 0.3) is 0 Å². The predicted octanol–water partition coefficient (Wildman–Crippen LogP) is 3.36. The van der Waals surface area contributed by atoms with Gasteiger partial charge in [0.2, 0.25) is 0 Å². The summed E-state index contributed by atoms with van der Waals surface area (Å²) in [4.78, 5) is 7.42. The fraction of sp³-hybridized carbons (Fsp3) is 0.438. The van der Waals surface area contributed by atoms with Gasteiger partial charge in [0.05, 0.1) is 6.10 Å². The summed E-state index contributed by atoms with van der Waals surface area (Å²) >= 11 is 0. The standard InChI is InChI=1S/C16H23N3O/c1-11(2)20-16-7-5-6-14(8-16)12(3)17-9-15-10-18-13(4)19-15/h5-8,10-12,17H,9H2,1-4H3,(H,18,19). The van der Waals surface area contributed by atoms with Crippen LogP contribution in [0.1, 0.15) is 43.9 Å². The third-order valence-corrected chi connectivity index (χ3v) is 3.08. The molecule has 0 fully saturated rings. The molecule has 0 saturated carbocycles. The van der Waals surface area contributed by atoms with Gasteiger partial charge in [0.15, 0.2) is 0 Å². The van der Waals surface area contributed by atoms with Crippen LogP contribution in [0.3, 0.4) is 0 Å². The van der Waals surface area contributed by atoms with Gasteiger partial charge in [-0.15, -0.1) is 0 Å². The SMILES string of the molecule is Cc1ncc(CNC(C)c2cccc(OC(C)C)c2)[nH]1. The molecule has 1 aromatic carbocycles. The first-order valence-electron chi connectivity index (χ1n) is 7.05. The van der Waals surface area contributed by atoms with E-state index in [0.717, 1.165) is 23.8 Å². The minimum absolute atomic E-state index is 0.196. The number of nitrogens with one attached hydrogen (secondary N) is 2. The Kier molecular flexibility index (Phi) is 4.79. The lowest BCUT2D eigenvalue weighted by Crippen LogP contribution is -2.18. The second kappa shape index (κ2) is 6.57. The Labute approximate surface area is 120 Å². The Hall–Kier alpha value is -1.81. The highest BCUT2D eigenvalue weighted by molar-refractivity contribution is 5.30. The van der Waals surface area contributed by atoms with Crippen LogP contribution in [0, 0.1) is 6.92 Å². The Morgan fingerprint density at radius 2 is 2.10 bits per heavy atom. The van der Waals surface area contributed by atoms with Crippen molar-refractivity contribution in [1.29, 1.82) is 0 Å². The molecule has 1 atom stereocenters. The molecule has 0 bridgehead atoms. The van der Waals surface area contributed by atoms with Gasteiger partial charge in [-0.3, -0.25) is 0 Å². The summed E-state index contributed by atoms with van der Waals surface area (Å²) in [5.74, 6) is 1.87. The molecule has 2 rings (SSSR count). The number of imidazole rings is 1. The first-order chi connectivity index (χ1) is 9.54. The molecule has 0 spiro atoms. The first-order valence-corrected chi connectivity index (χ1v) is 7.05. The zero-order valence-corrected chi connectivity index (χ0v) is 12.6. The second-order valence-electron chi connectivity index (χ2n) is 5.34. The van der Waals surface area contributed by atoms with E-state index in [1.54, 1.807) is 0 Å². The normalized spacial score (nSPS) is 12.7. The summed E-state index contributed by atoms with van der Waals surface area (Å²) in [6, 6.07) is 8.49. The minimum atomic E-state index is 0.196. The molecule has 0 radical (unpaired) electrons. The lowest BCUT2D eigenvalue weighted by Gasteiger charge is -2.16. The molecule has 4 nitrogen and oxygen atoms in total. The summed E-state index contributed by atoms with van der Waals surface area (Å²) in [5, 5.41) is 3.48. The van der Waals surface area contributed by atoms with Crippen LogP contribution in [0.2, 0.25) is 0 Å². The van der Waals surface area contributed by atoms with Crippen LogP contribution in [0.5, 0.6) is 5.75 Å². The summed E-state index contributed by atoms with van der Waals surface area (Å²) in [5.41, 5.74) is 2.32. The van der Waals surface area contributed by atoms with E-state index < -0.39 is 0 Å². The molecule has 4 heteroatoms. The second-order valence-corrected chi connectivity index (χ2v) is 5.34. The number of hydrogen-bond acceptors (Lipinski definition) is 3. The van der Waals surface area contributed by atoms with E-state index in [9.17, 15) is 0 Å². The highest BCUT2D eigenvalue weighted by Crippen LogP contribution is 2.20. The molecular weight excluding hydrogens is 250 g/mol. The molecule has 2 N–H and O–H groups in total. The smallest absolute Gasteiger partial charge is 0.120 e. The maximum atomic E-state index is 5.73. The zero-order chi connectivity index (χ0) is 14.5. The number of aromatic nitrogens is 2. The van der Waals surface area contributed by atoms with Crippen LogP contribution in [-0.2, 0) is 6.54 Å². The predicted molar refractivity (Wildman–Crippen MR) is 80.8 cm³/mol. The molecule has 2 aromatic rings. The molecule has 0 aliphatic heterocycles. The van der Waals surface area contributed by atoms with Crippen LogP contribution in [0.15, 0.2) is 30.5 Å². The van der Waals surface area contributed by atoms with E-state index in [4.69, 9.17) is 4.74 Å². The maximum absolute atomic E-state index is 5.73. The topological polar surface area (TPSA) is 49.9 Å². The van der Waals surface area contributed by atoms with Gasteiger partial charge in [0.25, 0.3) is 0 Å². The van der Waals surface area contributed by atoms with E-state index in [1.165, 1.54) is 5.56 Å². The van der Waals surface area contributed by atoms with Crippen molar-refractivity contribution in [3.63, 3.8) is 0 Å². The third-order valence-electron chi connectivity index (χ3n) is 3.08. The molecule has 0 aliphatic carbocycles. The number of aromatic amines is 1. The van der Waals surface area contributed by atoms with E-state index in [0.29, 0.717) is 0 Å². The zero-order valence-electron chi connectivity index (χ0n) is 12.6. The summed E-state index contributed by atoms with van der Waals surface area (Å²) < 4.78 is 5.73. The summed E-state index contributed by atoms with van der Waals surface area (Å²) in [6.07, 6.45) is 2.06. The van der Waals surface area contributed by atoms with Crippen LogP contribution >= 0.6 is 0 Å². The van der Waals surface area contributed by atoms with E-state index in [-0.39, 0.29) is 12.1 Å². The van der Waals surface area contributed by atoms with Gasteiger partial charge < -0.3 is 15.0 Å². The number of nitrogens with zero attached hydrogens (tertiary/aromatic N) is 1. The lowest BCUT2D eigenvalue weighted by molar-refractivity contribution is 0.242. The Balaban J connectivity index is 1.96. The van der Waals surface area contributed by atoms with Gasteiger partial charge in [0.1, 0.15) is 11.6 Å². The van der Waals surface area contributed by atoms with Crippen LogP contribution < -0.4 is 10.1 Å². The van der Waals surface area contributed by atoms with Crippen molar-refractivity contribution in [2.75, 3.05) is 0 Å². The van der Waals surface area contributed by atoms with Crippen molar-refractivity contribution < 1.29 is 4.74 Å². The molecular formula is C16H23N3O. The number of ether oxygens (including phenoxy) is 1. The van der Waals surface area contributed by atoms with Gasteiger partial charge in [-0.25, -0.2) is 4.98 Å². The van der Waals surface area contributed by atoms with Crippen LogP contribution in [0.4, 0.5) is 0 Å². The van der Waals surface area contributed by atoms with Gasteiger partial charge in [-0.1, -0.05) is 12.1 Å². The first kappa shape index (κ1) is 14.6. The molecule has 0 saturated heterocycles. The number of aryl methyl sites for hydroxylation is 1. The van der Waals surface area contributed by atoms with Crippen LogP contribution in [-0.4, -0.2) is 16.1 Å². The van der Waals surface area contributed by atoms with E-state index in [1.807, 2.05) is 39.1 Å². The average molecular weight is 273 g/mol. The van der Waals surface area contributed by atoms with Crippen molar-refractivity contribution in [2.45, 2.75) is 46.4 Å². The molecule has 1 unspecified atom stereocenters. The maximum Gasteiger partial charge on any atom is 0.120 e. The summed E-state index contributed by atoms with van der Waals surface area (Å²) in [6.45, 7) is 8.96. The fourth-order valence-electron chi connectivity index (χ4n) is 2.07. The Bertz CT molecular complexity index is 548. The highest BCUT2D eigenvalue weighted by Gasteiger charge is 2.07. The Morgan fingerprint density at radius 1 is 1.30 bits per heavy atom. The monoisotopic (exact) mass is 273 g/mol.